The number of nitrogens with two attached hydrogens (primary N) is 1. The summed E-state index contributed by atoms with van der Waals surface area (Å²) < 4.78 is 43.7. The van der Waals surface area contributed by atoms with Crippen molar-refractivity contribution in [3.63, 3.8) is 0 Å². The van der Waals surface area contributed by atoms with Crippen molar-refractivity contribution in [2.75, 3.05) is 36.6 Å². The third kappa shape index (κ3) is 3.30. The van der Waals surface area contributed by atoms with Crippen LogP contribution in [0.15, 0.2) is 12.1 Å². The molecule has 9 heteroatoms. The lowest BCUT2D eigenvalue weighted by atomic mass is 10.2. The van der Waals surface area contributed by atoms with Gasteiger partial charge in [-0.1, -0.05) is 0 Å². The number of ether oxygens (including phenoxy) is 1. The summed E-state index contributed by atoms with van der Waals surface area (Å²) in [5, 5.41) is 9.06. The minimum absolute atomic E-state index is 0.0677. The van der Waals surface area contributed by atoms with E-state index in [0.29, 0.717) is 13.2 Å². The maximum absolute atomic E-state index is 12.8. The number of pyridine rings is 1. The number of rotatable bonds is 3. The van der Waals surface area contributed by atoms with Crippen LogP contribution in [0.4, 0.5) is 24.8 Å². The average Bonchev–Trinajstić information content (AvgIpc) is 2.46. The molecule has 0 bridgehead atoms. The van der Waals surface area contributed by atoms with E-state index in [1.54, 1.807) is 4.90 Å². The van der Waals surface area contributed by atoms with Crippen molar-refractivity contribution >= 4 is 11.6 Å². The molecule has 20 heavy (non-hydrogen) atoms. The number of nitrogen functional groups attached to an aromatic ring is 1. The van der Waals surface area contributed by atoms with Crippen molar-refractivity contribution in [1.29, 1.82) is 0 Å². The second kappa shape index (κ2) is 5.81. The molecule has 1 unspecified atom stereocenters. The number of halogens is 3. The summed E-state index contributed by atoms with van der Waals surface area (Å²) in [6.07, 6.45) is -4.92. The summed E-state index contributed by atoms with van der Waals surface area (Å²) in [5.41, 5.74) is 1.29. The molecule has 0 amide bonds. The number of nitrogens with zero attached hydrogens (tertiary/aromatic N) is 2. The first kappa shape index (κ1) is 14.8. The Hall–Kier alpha value is -1.58. The Bertz CT molecular complexity index is 469. The Morgan fingerprint density at radius 2 is 2.25 bits per heavy atom. The summed E-state index contributed by atoms with van der Waals surface area (Å²) in [5.74, 6) is 5.23. The second-order valence-electron chi connectivity index (χ2n) is 4.36. The second-order valence-corrected chi connectivity index (χ2v) is 4.36. The smallest absolute Gasteiger partial charge is 0.394 e. The number of hydrogen-bond donors (Lipinski definition) is 3. The molecule has 1 aromatic heterocycles. The molecule has 1 fully saturated rings. The summed E-state index contributed by atoms with van der Waals surface area (Å²) in [6, 6.07) is 1.80. The van der Waals surface area contributed by atoms with Gasteiger partial charge in [-0.25, -0.2) is 10.8 Å². The number of morpholine rings is 1. The Morgan fingerprint density at radius 3 is 2.85 bits per heavy atom. The van der Waals surface area contributed by atoms with E-state index in [2.05, 4.69) is 10.4 Å². The predicted molar refractivity (Wildman–Crippen MR) is 66.1 cm³/mol. The lowest BCUT2D eigenvalue weighted by Crippen LogP contribution is -2.44. The first-order chi connectivity index (χ1) is 9.44. The molecule has 1 aliphatic rings. The van der Waals surface area contributed by atoms with Gasteiger partial charge in [0, 0.05) is 13.1 Å². The van der Waals surface area contributed by atoms with Crippen LogP contribution in [0.2, 0.25) is 0 Å². The fraction of sp³-hybridized carbons (Fsp3) is 0.545. The number of aliphatic hydroxyl groups is 1. The van der Waals surface area contributed by atoms with Crippen molar-refractivity contribution in [2.45, 2.75) is 12.3 Å². The quantitative estimate of drug-likeness (QED) is 0.558. The minimum atomic E-state index is -4.48. The van der Waals surface area contributed by atoms with Crippen molar-refractivity contribution in [3.8, 4) is 0 Å². The molecule has 1 atom stereocenters. The van der Waals surface area contributed by atoms with E-state index in [0.717, 1.165) is 12.1 Å². The van der Waals surface area contributed by atoms with Crippen LogP contribution in [0.25, 0.3) is 0 Å². The van der Waals surface area contributed by atoms with Crippen LogP contribution >= 0.6 is 0 Å². The topological polar surface area (TPSA) is 83.6 Å². The summed E-state index contributed by atoms with van der Waals surface area (Å²) >= 11 is 0. The van der Waals surface area contributed by atoms with Crippen molar-refractivity contribution < 1.29 is 23.0 Å². The van der Waals surface area contributed by atoms with E-state index in [4.69, 9.17) is 15.7 Å². The van der Waals surface area contributed by atoms with Gasteiger partial charge in [-0.05, 0) is 12.1 Å². The molecule has 0 saturated carbocycles. The molecule has 0 aromatic carbocycles. The summed E-state index contributed by atoms with van der Waals surface area (Å²) in [4.78, 5) is 5.64. The lowest BCUT2D eigenvalue weighted by Gasteiger charge is -2.33. The van der Waals surface area contributed by atoms with Crippen LogP contribution in [0.5, 0.6) is 0 Å². The van der Waals surface area contributed by atoms with E-state index in [9.17, 15) is 13.2 Å². The van der Waals surface area contributed by atoms with Crippen LogP contribution in [-0.2, 0) is 10.9 Å². The first-order valence-corrected chi connectivity index (χ1v) is 5.97. The normalized spacial score (nSPS) is 20.1. The van der Waals surface area contributed by atoms with Gasteiger partial charge in [0.05, 0.1) is 24.9 Å². The van der Waals surface area contributed by atoms with Crippen molar-refractivity contribution in [2.24, 2.45) is 5.84 Å². The number of aromatic nitrogens is 1. The molecule has 0 aliphatic carbocycles. The van der Waals surface area contributed by atoms with Crippen LogP contribution in [0.3, 0.4) is 0 Å². The highest BCUT2D eigenvalue weighted by atomic mass is 19.4. The standard InChI is InChI=1S/C11H15F3N4O2/c12-11(13,14)7-3-9(17-15)16-10(4-7)18-1-2-20-8(5-18)6-19/h3-4,8,19H,1-2,5-6,15H2,(H,16,17). The van der Waals surface area contributed by atoms with Crippen LogP contribution in [0.1, 0.15) is 5.56 Å². The Labute approximate surface area is 113 Å². The van der Waals surface area contributed by atoms with Crippen LogP contribution < -0.4 is 16.2 Å². The van der Waals surface area contributed by atoms with Crippen LogP contribution in [-0.4, -0.2) is 42.5 Å². The molecule has 1 aromatic rings. The summed E-state index contributed by atoms with van der Waals surface area (Å²) in [6.45, 7) is 0.787. The van der Waals surface area contributed by atoms with E-state index in [1.165, 1.54) is 0 Å². The van der Waals surface area contributed by atoms with E-state index in [1.807, 2.05) is 0 Å². The Morgan fingerprint density at radius 1 is 1.50 bits per heavy atom. The van der Waals surface area contributed by atoms with Gasteiger partial charge in [-0.2, -0.15) is 13.2 Å². The zero-order valence-corrected chi connectivity index (χ0v) is 10.5. The van der Waals surface area contributed by atoms with Gasteiger partial charge >= 0.3 is 6.18 Å². The Balaban J connectivity index is 2.30. The molecule has 1 aliphatic heterocycles. The van der Waals surface area contributed by atoms with E-state index in [-0.39, 0.29) is 24.8 Å². The molecule has 112 valence electrons. The fourth-order valence-corrected chi connectivity index (χ4v) is 1.95. The molecule has 2 rings (SSSR count). The summed E-state index contributed by atoms with van der Waals surface area (Å²) in [7, 11) is 0. The highest BCUT2D eigenvalue weighted by Gasteiger charge is 2.32. The number of nitrogens with one attached hydrogen (secondary N) is 1. The monoisotopic (exact) mass is 292 g/mol. The van der Waals surface area contributed by atoms with Gasteiger partial charge in [0.2, 0.25) is 0 Å². The number of hydrazine groups is 1. The maximum atomic E-state index is 12.8. The van der Waals surface area contributed by atoms with Crippen molar-refractivity contribution in [3.05, 3.63) is 17.7 Å². The molecular weight excluding hydrogens is 277 g/mol. The first-order valence-electron chi connectivity index (χ1n) is 5.97. The highest BCUT2D eigenvalue weighted by molar-refractivity contribution is 5.51. The fourth-order valence-electron chi connectivity index (χ4n) is 1.95. The number of hydrogen-bond acceptors (Lipinski definition) is 6. The molecule has 6 nitrogen and oxygen atoms in total. The minimum Gasteiger partial charge on any atom is -0.394 e. The zero-order chi connectivity index (χ0) is 14.8. The van der Waals surface area contributed by atoms with Gasteiger partial charge in [0.1, 0.15) is 11.6 Å². The zero-order valence-electron chi connectivity index (χ0n) is 10.5. The maximum Gasteiger partial charge on any atom is 0.416 e. The third-order valence-electron chi connectivity index (χ3n) is 2.95. The SMILES string of the molecule is NNc1cc(C(F)(F)F)cc(N2CCOC(CO)C2)n1. The molecule has 2 heterocycles. The largest absolute Gasteiger partial charge is 0.416 e. The van der Waals surface area contributed by atoms with E-state index >= 15 is 0 Å². The van der Waals surface area contributed by atoms with Gasteiger partial charge in [-0.3, -0.25) is 0 Å². The molecule has 0 spiro atoms. The van der Waals surface area contributed by atoms with Crippen LogP contribution in [0, 0.1) is 0 Å². The lowest BCUT2D eigenvalue weighted by molar-refractivity contribution is -0.137. The average molecular weight is 292 g/mol. The molecule has 0 radical (unpaired) electrons. The number of anilines is 2. The van der Waals surface area contributed by atoms with E-state index < -0.39 is 17.8 Å². The van der Waals surface area contributed by atoms with Gasteiger partial charge in [0.15, 0.2) is 0 Å². The van der Waals surface area contributed by atoms with Gasteiger partial charge < -0.3 is 20.2 Å². The third-order valence-corrected chi connectivity index (χ3v) is 2.95. The highest BCUT2D eigenvalue weighted by Crippen LogP contribution is 2.33. The molecule has 1 saturated heterocycles. The molecular formula is C11H15F3N4O2. The number of aliphatic hydroxyl groups excluding tert-OH is 1. The predicted octanol–water partition coefficient (Wildman–Crippen LogP) is 0.583. The van der Waals surface area contributed by atoms with Gasteiger partial charge in [-0.15, -0.1) is 0 Å². The molecule has 4 N–H and O–H groups in total. The van der Waals surface area contributed by atoms with Gasteiger partial charge in [0.25, 0.3) is 0 Å². The van der Waals surface area contributed by atoms with Crippen molar-refractivity contribution in [1.82, 2.24) is 4.98 Å². The Kier molecular flexibility index (Phi) is 4.31. The number of alkyl halides is 3.